The lowest BCUT2D eigenvalue weighted by atomic mass is 10.8. The van der Waals surface area contributed by atoms with Gasteiger partial charge in [0.2, 0.25) is 0 Å². The fourth-order valence-corrected chi connectivity index (χ4v) is 0. The molecule has 1 fully saturated rings. The van der Waals surface area contributed by atoms with Crippen LogP contribution in [0.15, 0.2) is 12.7 Å². The fourth-order valence-electron chi connectivity index (χ4n) is 0. The van der Waals surface area contributed by atoms with E-state index in [-0.39, 0.29) is 12.3 Å². The SMILES string of the molecule is C1CC1.C=CC.N.N. The molecule has 8 heavy (non-hydrogen) atoms. The second-order valence-corrected chi connectivity index (χ2v) is 1.47. The molecule has 0 amide bonds. The molecule has 2 nitrogen and oxygen atoms in total. The van der Waals surface area contributed by atoms with Gasteiger partial charge in [-0.2, -0.15) is 0 Å². The Kier molecular flexibility index (Phi) is 31.2. The lowest BCUT2D eigenvalue weighted by molar-refractivity contribution is 1.50. The molecule has 2 heteroatoms. The van der Waals surface area contributed by atoms with Gasteiger partial charge < -0.3 is 12.3 Å². The second-order valence-electron chi connectivity index (χ2n) is 1.47. The molecule has 1 rings (SSSR count). The van der Waals surface area contributed by atoms with Gasteiger partial charge in [0.25, 0.3) is 0 Å². The minimum Gasteiger partial charge on any atom is -0.344 e. The summed E-state index contributed by atoms with van der Waals surface area (Å²) in [6.45, 7) is 5.25. The molecule has 0 aromatic carbocycles. The zero-order chi connectivity index (χ0) is 4.83. The number of hydrogen-bond acceptors (Lipinski definition) is 2. The predicted octanol–water partition coefficient (Wildman–Crippen LogP) is 2.69. The van der Waals surface area contributed by atoms with Crippen molar-refractivity contribution in [1.82, 2.24) is 12.3 Å². The summed E-state index contributed by atoms with van der Waals surface area (Å²) in [4.78, 5) is 0. The van der Waals surface area contributed by atoms with Crippen molar-refractivity contribution in [2.75, 3.05) is 0 Å². The molecule has 0 spiro atoms. The second kappa shape index (κ2) is 15.9. The minimum absolute atomic E-state index is 0. The summed E-state index contributed by atoms with van der Waals surface area (Å²) in [5, 5.41) is 0. The van der Waals surface area contributed by atoms with Crippen molar-refractivity contribution in [3.63, 3.8) is 0 Å². The normalized spacial score (nSPS) is 10.6. The summed E-state index contributed by atoms with van der Waals surface area (Å²) in [6.07, 6.45) is 6.25. The standard InChI is InChI=1S/2C3H6.2H3N/c1-2-3-1;1-3-2;;/h1-3H2;3H,1H2,2H3;2*1H3. The Morgan fingerprint density at radius 2 is 1.25 bits per heavy atom. The highest BCUT2D eigenvalue weighted by molar-refractivity contribution is 4.51. The van der Waals surface area contributed by atoms with Gasteiger partial charge in [0.15, 0.2) is 0 Å². The number of rotatable bonds is 0. The van der Waals surface area contributed by atoms with Gasteiger partial charge in [-0.3, -0.25) is 0 Å². The molecule has 6 N–H and O–H groups in total. The fraction of sp³-hybridized carbons (Fsp3) is 0.667. The van der Waals surface area contributed by atoms with Gasteiger partial charge >= 0.3 is 0 Å². The highest BCUT2D eigenvalue weighted by Gasteiger charge is 1.95. The van der Waals surface area contributed by atoms with E-state index in [4.69, 9.17) is 0 Å². The van der Waals surface area contributed by atoms with Crippen LogP contribution >= 0.6 is 0 Å². The van der Waals surface area contributed by atoms with Crippen LogP contribution in [0.3, 0.4) is 0 Å². The largest absolute Gasteiger partial charge is 0.344 e. The molecule has 0 aromatic heterocycles. The summed E-state index contributed by atoms with van der Waals surface area (Å²) in [7, 11) is 0. The molecule has 0 unspecified atom stereocenters. The van der Waals surface area contributed by atoms with E-state index in [9.17, 15) is 0 Å². The first kappa shape index (κ1) is 15.6. The molecule has 0 atom stereocenters. The van der Waals surface area contributed by atoms with Gasteiger partial charge in [-0.15, -0.1) is 6.58 Å². The molecule has 0 radical (unpaired) electrons. The molecular formula is C6H18N2. The summed E-state index contributed by atoms with van der Waals surface area (Å²) >= 11 is 0. The van der Waals surface area contributed by atoms with Crippen LogP contribution in [0.25, 0.3) is 0 Å². The van der Waals surface area contributed by atoms with Crippen molar-refractivity contribution in [2.24, 2.45) is 0 Å². The van der Waals surface area contributed by atoms with Gasteiger partial charge in [0, 0.05) is 0 Å². The van der Waals surface area contributed by atoms with Crippen molar-refractivity contribution < 1.29 is 0 Å². The highest BCUT2D eigenvalue weighted by atomic mass is 14.0. The highest BCUT2D eigenvalue weighted by Crippen LogP contribution is 2.14. The van der Waals surface area contributed by atoms with E-state index in [2.05, 4.69) is 6.58 Å². The Morgan fingerprint density at radius 1 is 1.12 bits per heavy atom. The van der Waals surface area contributed by atoms with Crippen LogP contribution in [0.1, 0.15) is 26.2 Å². The zero-order valence-corrected chi connectivity index (χ0v) is 5.82. The van der Waals surface area contributed by atoms with E-state index in [1.54, 1.807) is 6.08 Å². The van der Waals surface area contributed by atoms with Crippen LogP contribution in [0.5, 0.6) is 0 Å². The van der Waals surface area contributed by atoms with Crippen LogP contribution in [0.2, 0.25) is 0 Å². The monoisotopic (exact) mass is 118 g/mol. The molecule has 0 aromatic rings. The Labute approximate surface area is 52.1 Å². The third kappa shape index (κ3) is 282. The molecule has 1 aliphatic carbocycles. The predicted molar refractivity (Wildman–Crippen MR) is 39.8 cm³/mol. The Morgan fingerprint density at radius 3 is 1.25 bits per heavy atom. The van der Waals surface area contributed by atoms with Gasteiger partial charge in [0.05, 0.1) is 0 Å². The maximum Gasteiger partial charge on any atom is -0.0473 e. The summed E-state index contributed by atoms with van der Waals surface area (Å²) in [5.74, 6) is 0. The van der Waals surface area contributed by atoms with Crippen LogP contribution in [-0.2, 0) is 0 Å². The van der Waals surface area contributed by atoms with E-state index < -0.39 is 0 Å². The Balaban J connectivity index is -0.0000000500. The molecule has 0 saturated heterocycles. The van der Waals surface area contributed by atoms with Crippen LogP contribution < -0.4 is 12.3 Å². The Hall–Kier alpha value is -0.340. The van der Waals surface area contributed by atoms with E-state index in [0.29, 0.717) is 0 Å². The van der Waals surface area contributed by atoms with E-state index in [1.165, 1.54) is 19.3 Å². The van der Waals surface area contributed by atoms with Crippen LogP contribution in [0, 0.1) is 0 Å². The Bertz CT molecular complexity index is 30.8. The quantitative estimate of drug-likeness (QED) is 0.480. The lowest BCUT2D eigenvalue weighted by Gasteiger charge is -1.31. The van der Waals surface area contributed by atoms with E-state index in [1.807, 2.05) is 6.92 Å². The van der Waals surface area contributed by atoms with E-state index in [0.717, 1.165) is 0 Å². The van der Waals surface area contributed by atoms with Gasteiger partial charge in [-0.1, -0.05) is 25.3 Å². The van der Waals surface area contributed by atoms with Crippen molar-refractivity contribution in [3.05, 3.63) is 12.7 Å². The van der Waals surface area contributed by atoms with Crippen molar-refractivity contribution in [3.8, 4) is 0 Å². The van der Waals surface area contributed by atoms with Gasteiger partial charge in [-0.05, 0) is 6.92 Å². The third-order valence-corrected chi connectivity index (χ3v) is 0.354. The number of allylic oxidation sites excluding steroid dienone is 1. The molecule has 0 heterocycles. The van der Waals surface area contributed by atoms with Gasteiger partial charge in [-0.25, -0.2) is 0 Å². The first-order chi connectivity index (χ1) is 2.91. The topological polar surface area (TPSA) is 70.0 Å². The third-order valence-electron chi connectivity index (χ3n) is 0.354. The van der Waals surface area contributed by atoms with Crippen LogP contribution in [-0.4, -0.2) is 0 Å². The van der Waals surface area contributed by atoms with Crippen molar-refractivity contribution in [1.29, 1.82) is 0 Å². The maximum absolute atomic E-state index is 3.36. The molecule has 1 aliphatic rings. The molecule has 0 aliphatic heterocycles. The van der Waals surface area contributed by atoms with Crippen molar-refractivity contribution in [2.45, 2.75) is 26.2 Å². The number of hydrogen-bond donors (Lipinski definition) is 2. The summed E-state index contributed by atoms with van der Waals surface area (Å²) < 4.78 is 0. The van der Waals surface area contributed by atoms with Crippen LogP contribution in [0.4, 0.5) is 0 Å². The minimum atomic E-state index is 0. The summed E-state index contributed by atoms with van der Waals surface area (Å²) in [5.41, 5.74) is 0. The smallest absolute Gasteiger partial charge is 0.0473 e. The molecule has 52 valence electrons. The lowest BCUT2D eigenvalue weighted by Crippen LogP contribution is -1.07. The first-order valence-electron chi connectivity index (χ1n) is 2.49. The average Bonchev–Trinajstić information content (AvgIpc) is 2.11. The molecule has 0 bridgehead atoms. The average molecular weight is 118 g/mol. The molecule has 1 saturated carbocycles. The van der Waals surface area contributed by atoms with Crippen molar-refractivity contribution >= 4 is 0 Å². The van der Waals surface area contributed by atoms with E-state index >= 15 is 0 Å². The zero-order valence-electron chi connectivity index (χ0n) is 5.82. The maximum atomic E-state index is 3.36. The molecular weight excluding hydrogens is 100 g/mol. The van der Waals surface area contributed by atoms with Gasteiger partial charge in [0.1, 0.15) is 0 Å². The first-order valence-corrected chi connectivity index (χ1v) is 2.49. The summed E-state index contributed by atoms with van der Waals surface area (Å²) in [6, 6.07) is 0.